The van der Waals surface area contributed by atoms with Gasteiger partial charge in [-0.15, -0.1) is 0 Å². The van der Waals surface area contributed by atoms with Crippen molar-refractivity contribution in [2.75, 3.05) is 5.75 Å². The third-order valence-corrected chi connectivity index (χ3v) is 4.33. The Morgan fingerprint density at radius 2 is 2.18 bits per heavy atom. The minimum Gasteiger partial charge on any atom is -0.384 e. The molecule has 0 spiro atoms. The summed E-state index contributed by atoms with van der Waals surface area (Å²) in [4.78, 5) is 0. The topological polar surface area (TPSA) is 49.9 Å². The zero-order valence-corrected chi connectivity index (χ0v) is 11.7. The second-order valence-corrected chi connectivity index (χ2v) is 5.61. The smallest absolute Gasteiger partial charge is 0.122 e. The summed E-state index contributed by atoms with van der Waals surface area (Å²) in [5, 5.41) is 7.39. The number of benzene rings is 1. The van der Waals surface area contributed by atoms with E-state index in [1.807, 2.05) is 23.9 Å². The van der Waals surface area contributed by atoms with Gasteiger partial charge >= 0.3 is 0 Å². The summed E-state index contributed by atoms with van der Waals surface area (Å²) in [6, 6.07) is 6.03. The van der Waals surface area contributed by atoms with Gasteiger partial charge in [-0.1, -0.05) is 32.4 Å². The summed E-state index contributed by atoms with van der Waals surface area (Å²) in [5.74, 6) is 3.20. The second-order valence-electron chi connectivity index (χ2n) is 4.58. The Hall–Kier alpha value is -0.960. The highest BCUT2D eigenvalue weighted by atomic mass is 32.2. The summed E-state index contributed by atoms with van der Waals surface area (Å²) >= 11 is 1.98. The highest BCUT2D eigenvalue weighted by Crippen LogP contribution is 2.20. The van der Waals surface area contributed by atoms with Crippen LogP contribution in [-0.4, -0.2) is 11.6 Å². The van der Waals surface area contributed by atoms with Gasteiger partial charge in [0, 0.05) is 11.3 Å². The van der Waals surface area contributed by atoms with Crippen LogP contribution in [-0.2, 0) is 5.75 Å². The fourth-order valence-electron chi connectivity index (χ4n) is 1.51. The molecule has 0 aliphatic heterocycles. The minimum atomic E-state index is 0.145. The quantitative estimate of drug-likeness (QED) is 0.599. The lowest BCUT2D eigenvalue weighted by Gasteiger charge is -2.10. The standard InChI is InChI=1S/C14H22N2S/c1-4-10(2)8-17-9-13-6-5-12(14(15)16)7-11(13)3/h5-7,10H,4,8-9H2,1-3H3,(H3,15,16). The molecule has 1 aromatic carbocycles. The molecule has 1 rings (SSSR count). The van der Waals surface area contributed by atoms with Crippen LogP contribution in [0.4, 0.5) is 0 Å². The predicted octanol–water partition coefficient (Wildman–Crippen LogP) is 3.56. The first-order valence-corrected chi connectivity index (χ1v) is 7.21. The maximum Gasteiger partial charge on any atom is 0.122 e. The monoisotopic (exact) mass is 250 g/mol. The molecule has 1 unspecified atom stereocenters. The maximum absolute atomic E-state index is 7.39. The average molecular weight is 250 g/mol. The molecule has 0 aliphatic carbocycles. The van der Waals surface area contributed by atoms with Crippen molar-refractivity contribution in [1.29, 1.82) is 5.41 Å². The van der Waals surface area contributed by atoms with E-state index in [9.17, 15) is 0 Å². The molecule has 3 heteroatoms. The lowest BCUT2D eigenvalue weighted by Crippen LogP contribution is -2.11. The largest absolute Gasteiger partial charge is 0.384 e. The number of nitrogen functional groups attached to an aromatic ring is 1. The van der Waals surface area contributed by atoms with Crippen LogP contribution in [0.2, 0.25) is 0 Å². The van der Waals surface area contributed by atoms with E-state index in [2.05, 4.69) is 26.8 Å². The summed E-state index contributed by atoms with van der Waals surface area (Å²) in [7, 11) is 0. The molecule has 0 aliphatic rings. The first-order valence-electron chi connectivity index (χ1n) is 6.06. The summed E-state index contributed by atoms with van der Waals surface area (Å²) in [6.45, 7) is 6.61. The van der Waals surface area contributed by atoms with Crippen LogP contribution >= 0.6 is 11.8 Å². The molecule has 0 heterocycles. The van der Waals surface area contributed by atoms with E-state index in [4.69, 9.17) is 11.1 Å². The fraction of sp³-hybridized carbons (Fsp3) is 0.500. The highest BCUT2D eigenvalue weighted by molar-refractivity contribution is 7.98. The van der Waals surface area contributed by atoms with E-state index < -0.39 is 0 Å². The molecule has 0 bridgehead atoms. The average Bonchev–Trinajstić information content (AvgIpc) is 2.30. The molecule has 94 valence electrons. The number of aryl methyl sites for hydroxylation is 1. The first-order chi connectivity index (χ1) is 8.04. The van der Waals surface area contributed by atoms with Crippen LogP contribution in [0.5, 0.6) is 0 Å². The van der Waals surface area contributed by atoms with E-state index in [1.54, 1.807) is 0 Å². The summed E-state index contributed by atoms with van der Waals surface area (Å²) in [5.41, 5.74) is 8.87. The van der Waals surface area contributed by atoms with Crippen LogP contribution in [0.15, 0.2) is 18.2 Å². The lowest BCUT2D eigenvalue weighted by molar-refractivity contribution is 0.637. The van der Waals surface area contributed by atoms with Crippen molar-refractivity contribution in [2.24, 2.45) is 11.7 Å². The van der Waals surface area contributed by atoms with E-state index >= 15 is 0 Å². The molecule has 0 saturated carbocycles. The Labute approximate surface area is 108 Å². The van der Waals surface area contributed by atoms with Gasteiger partial charge < -0.3 is 5.73 Å². The van der Waals surface area contributed by atoms with Crippen LogP contribution < -0.4 is 5.73 Å². The molecule has 0 radical (unpaired) electrons. The third kappa shape index (κ3) is 4.43. The van der Waals surface area contributed by atoms with Crippen molar-refractivity contribution in [2.45, 2.75) is 32.9 Å². The molecule has 0 aromatic heterocycles. The number of rotatable bonds is 6. The zero-order valence-electron chi connectivity index (χ0n) is 10.9. The molecular weight excluding hydrogens is 228 g/mol. The van der Waals surface area contributed by atoms with Crippen molar-refractivity contribution < 1.29 is 0 Å². The van der Waals surface area contributed by atoms with E-state index in [0.717, 1.165) is 17.2 Å². The van der Waals surface area contributed by atoms with Gasteiger partial charge in [0.15, 0.2) is 0 Å². The Bertz CT molecular complexity index is 388. The number of hydrogen-bond donors (Lipinski definition) is 2. The zero-order chi connectivity index (χ0) is 12.8. The molecule has 1 atom stereocenters. The normalized spacial score (nSPS) is 12.4. The Kier molecular flexibility index (Phi) is 5.56. The molecular formula is C14H22N2S. The Morgan fingerprint density at radius 3 is 2.71 bits per heavy atom. The van der Waals surface area contributed by atoms with Gasteiger partial charge in [-0.2, -0.15) is 11.8 Å². The minimum absolute atomic E-state index is 0.145. The lowest BCUT2D eigenvalue weighted by atomic mass is 10.1. The number of nitrogens with two attached hydrogens (primary N) is 1. The van der Waals surface area contributed by atoms with Crippen LogP contribution in [0.3, 0.4) is 0 Å². The molecule has 17 heavy (non-hydrogen) atoms. The molecule has 2 nitrogen and oxygen atoms in total. The van der Waals surface area contributed by atoms with Crippen LogP contribution in [0, 0.1) is 18.3 Å². The Morgan fingerprint density at radius 1 is 1.47 bits per heavy atom. The first kappa shape index (κ1) is 14.1. The highest BCUT2D eigenvalue weighted by Gasteiger charge is 2.04. The molecule has 1 aromatic rings. The number of thioether (sulfide) groups is 1. The predicted molar refractivity (Wildman–Crippen MR) is 77.8 cm³/mol. The number of nitrogens with one attached hydrogen (secondary N) is 1. The molecule has 0 fully saturated rings. The van der Waals surface area contributed by atoms with Gasteiger partial charge in [-0.05, 0) is 35.8 Å². The molecule has 3 N–H and O–H groups in total. The van der Waals surface area contributed by atoms with Crippen molar-refractivity contribution in [3.63, 3.8) is 0 Å². The van der Waals surface area contributed by atoms with Crippen molar-refractivity contribution >= 4 is 17.6 Å². The van der Waals surface area contributed by atoms with Gasteiger partial charge in [-0.25, -0.2) is 0 Å². The van der Waals surface area contributed by atoms with Gasteiger partial charge in [0.25, 0.3) is 0 Å². The number of hydrogen-bond acceptors (Lipinski definition) is 2. The molecule has 0 amide bonds. The van der Waals surface area contributed by atoms with Crippen LogP contribution in [0.25, 0.3) is 0 Å². The van der Waals surface area contributed by atoms with E-state index in [0.29, 0.717) is 0 Å². The third-order valence-electron chi connectivity index (χ3n) is 3.01. The van der Waals surface area contributed by atoms with Crippen molar-refractivity contribution in [3.8, 4) is 0 Å². The van der Waals surface area contributed by atoms with Crippen LogP contribution in [0.1, 0.15) is 37.0 Å². The van der Waals surface area contributed by atoms with Gasteiger partial charge in [0.2, 0.25) is 0 Å². The fourth-order valence-corrected chi connectivity index (χ4v) is 2.81. The van der Waals surface area contributed by atoms with Gasteiger partial charge in [-0.3, -0.25) is 5.41 Å². The van der Waals surface area contributed by atoms with Gasteiger partial charge in [0.05, 0.1) is 0 Å². The van der Waals surface area contributed by atoms with Gasteiger partial charge in [0.1, 0.15) is 5.84 Å². The van der Waals surface area contributed by atoms with Crippen molar-refractivity contribution in [1.82, 2.24) is 0 Å². The van der Waals surface area contributed by atoms with E-state index in [1.165, 1.54) is 23.3 Å². The number of amidine groups is 1. The maximum atomic E-state index is 7.39. The molecule has 0 saturated heterocycles. The summed E-state index contributed by atoms with van der Waals surface area (Å²) < 4.78 is 0. The summed E-state index contributed by atoms with van der Waals surface area (Å²) in [6.07, 6.45) is 1.25. The van der Waals surface area contributed by atoms with Crippen molar-refractivity contribution in [3.05, 3.63) is 34.9 Å². The Balaban J connectivity index is 2.57. The SMILES string of the molecule is CCC(C)CSCc1ccc(C(=N)N)cc1C. The van der Waals surface area contributed by atoms with E-state index in [-0.39, 0.29) is 5.84 Å². The second kappa shape index (κ2) is 6.70.